The SMILES string of the molecule is C1=CCC(CCC2=C(CCC3=CC=CC3)c3ccccc3C2)=C1. The summed E-state index contributed by atoms with van der Waals surface area (Å²) in [7, 11) is 0. The monoisotopic (exact) mass is 300 g/mol. The lowest BCUT2D eigenvalue weighted by Gasteiger charge is -2.10. The van der Waals surface area contributed by atoms with Gasteiger partial charge in [-0.15, -0.1) is 0 Å². The van der Waals surface area contributed by atoms with E-state index in [4.69, 9.17) is 0 Å². The average molecular weight is 300 g/mol. The summed E-state index contributed by atoms with van der Waals surface area (Å²) in [4.78, 5) is 0. The Morgan fingerprint density at radius 3 is 2.13 bits per heavy atom. The second-order valence-electron chi connectivity index (χ2n) is 6.83. The maximum Gasteiger partial charge on any atom is -0.00549 e. The Labute approximate surface area is 139 Å². The van der Waals surface area contributed by atoms with Crippen LogP contribution in [0.2, 0.25) is 0 Å². The molecular weight excluding hydrogens is 276 g/mol. The molecule has 0 N–H and O–H groups in total. The Balaban J connectivity index is 1.50. The largest absolute Gasteiger partial charge is 0.0805 e. The molecule has 4 rings (SSSR count). The first-order chi connectivity index (χ1) is 11.4. The van der Waals surface area contributed by atoms with E-state index < -0.39 is 0 Å². The first kappa shape index (κ1) is 14.5. The van der Waals surface area contributed by atoms with Crippen LogP contribution in [0.5, 0.6) is 0 Å². The van der Waals surface area contributed by atoms with E-state index in [0.29, 0.717) is 0 Å². The van der Waals surface area contributed by atoms with E-state index >= 15 is 0 Å². The minimum atomic E-state index is 1.16. The molecule has 0 aliphatic heterocycles. The number of benzene rings is 1. The lowest BCUT2D eigenvalue weighted by Crippen LogP contribution is -1.90. The normalized spacial score (nSPS) is 18.6. The smallest absolute Gasteiger partial charge is 0.00549 e. The number of fused-ring (bicyclic) bond motifs is 1. The van der Waals surface area contributed by atoms with E-state index in [2.05, 4.69) is 60.7 Å². The second kappa shape index (κ2) is 6.58. The van der Waals surface area contributed by atoms with Gasteiger partial charge in [0.2, 0.25) is 0 Å². The molecule has 0 unspecified atom stereocenters. The van der Waals surface area contributed by atoms with E-state index in [0.717, 1.165) is 12.8 Å². The minimum Gasteiger partial charge on any atom is -0.0805 e. The summed E-state index contributed by atoms with van der Waals surface area (Å²) in [6.07, 6.45) is 21.9. The fourth-order valence-electron chi connectivity index (χ4n) is 4.00. The van der Waals surface area contributed by atoms with Crippen LogP contribution in [-0.2, 0) is 6.42 Å². The van der Waals surface area contributed by atoms with Crippen molar-refractivity contribution in [2.45, 2.75) is 44.9 Å². The number of hydrogen-bond acceptors (Lipinski definition) is 0. The Bertz CT molecular complexity index is 750. The molecule has 0 nitrogen and oxygen atoms in total. The summed E-state index contributed by atoms with van der Waals surface area (Å²) < 4.78 is 0. The number of hydrogen-bond donors (Lipinski definition) is 0. The van der Waals surface area contributed by atoms with Crippen LogP contribution in [0.15, 0.2) is 77.4 Å². The highest BCUT2D eigenvalue weighted by molar-refractivity contribution is 5.76. The van der Waals surface area contributed by atoms with E-state index in [9.17, 15) is 0 Å². The predicted octanol–water partition coefficient (Wildman–Crippen LogP) is 6.33. The third-order valence-electron chi connectivity index (χ3n) is 5.31. The van der Waals surface area contributed by atoms with E-state index in [1.807, 2.05) is 0 Å². The average Bonchev–Trinajstić information content (AvgIpc) is 3.31. The molecule has 0 bridgehead atoms. The van der Waals surface area contributed by atoms with Gasteiger partial charge >= 0.3 is 0 Å². The van der Waals surface area contributed by atoms with Gasteiger partial charge in [-0.3, -0.25) is 0 Å². The summed E-state index contributed by atoms with van der Waals surface area (Å²) in [6, 6.07) is 9.03. The Morgan fingerprint density at radius 1 is 0.739 bits per heavy atom. The minimum absolute atomic E-state index is 1.16. The summed E-state index contributed by atoms with van der Waals surface area (Å²) in [5.41, 5.74) is 9.56. The fourth-order valence-corrected chi connectivity index (χ4v) is 4.00. The molecule has 0 heteroatoms. The van der Waals surface area contributed by atoms with Crippen LogP contribution in [0.1, 0.15) is 49.7 Å². The van der Waals surface area contributed by atoms with Gasteiger partial charge in [0, 0.05) is 0 Å². The molecule has 0 amide bonds. The van der Waals surface area contributed by atoms with Gasteiger partial charge < -0.3 is 0 Å². The highest BCUT2D eigenvalue weighted by Crippen LogP contribution is 2.39. The Kier molecular flexibility index (Phi) is 4.15. The lowest BCUT2D eigenvalue weighted by molar-refractivity contribution is 0.874. The van der Waals surface area contributed by atoms with Crippen molar-refractivity contribution in [3.8, 4) is 0 Å². The van der Waals surface area contributed by atoms with Gasteiger partial charge in [0.25, 0.3) is 0 Å². The zero-order chi connectivity index (χ0) is 15.5. The third-order valence-corrected chi connectivity index (χ3v) is 5.31. The van der Waals surface area contributed by atoms with Gasteiger partial charge in [0.15, 0.2) is 0 Å². The summed E-state index contributed by atoms with van der Waals surface area (Å²) in [5, 5.41) is 0. The van der Waals surface area contributed by atoms with Gasteiger partial charge in [0.05, 0.1) is 0 Å². The van der Waals surface area contributed by atoms with Crippen LogP contribution in [0, 0.1) is 0 Å². The van der Waals surface area contributed by atoms with Crippen LogP contribution in [0.25, 0.3) is 5.57 Å². The standard InChI is InChI=1S/C23H24/c1-2-8-18(7-1)13-15-21-17-20-11-5-6-12-22(20)23(21)16-14-19-9-3-4-10-19/h1-7,9,11-12H,8,10,13-17H2. The van der Waals surface area contributed by atoms with E-state index in [-0.39, 0.29) is 0 Å². The topological polar surface area (TPSA) is 0 Å². The van der Waals surface area contributed by atoms with Crippen molar-refractivity contribution in [1.29, 1.82) is 0 Å². The van der Waals surface area contributed by atoms with Crippen molar-refractivity contribution in [3.05, 3.63) is 88.6 Å². The summed E-state index contributed by atoms with van der Waals surface area (Å²) in [6.45, 7) is 0. The first-order valence-corrected chi connectivity index (χ1v) is 8.88. The quantitative estimate of drug-likeness (QED) is 0.576. The molecule has 23 heavy (non-hydrogen) atoms. The van der Waals surface area contributed by atoms with Crippen LogP contribution < -0.4 is 0 Å². The van der Waals surface area contributed by atoms with Crippen molar-refractivity contribution >= 4 is 5.57 Å². The molecule has 1 aromatic carbocycles. The van der Waals surface area contributed by atoms with E-state index in [1.54, 1.807) is 22.3 Å². The maximum absolute atomic E-state index is 2.33. The van der Waals surface area contributed by atoms with Crippen molar-refractivity contribution < 1.29 is 0 Å². The molecule has 3 aliphatic carbocycles. The van der Waals surface area contributed by atoms with Crippen molar-refractivity contribution in [2.24, 2.45) is 0 Å². The number of allylic oxidation sites excluding steroid dienone is 10. The van der Waals surface area contributed by atoms with Crippen molar-refractivity contribution in [2.75, 3.05) is 0 Å². The number of rotatable bonds is 6. The molecule has 0 heterocycles. The Morgan fingerprint density at radius 2 is 1.43 bits per heavy atom. The van der Waals surface area contributed by atoms with Crippen LogP contribution in [0.3, 0.4) is 0 Å². The highest BCUT2D eigenvalue weighted by atomic mass is 14.3. The molecule has 0 atom stereocenters. The molecule has 1 aromatic rings. The van der Waals surface area contributed by atoms with Gasteiger partial charge in [-0.25, -0.2) is 0 Å². The van der Waals surface area contributed by atoms with Gasteiger partial charge in [0.1, 0.15) is 0 Å². The van der Waals surface area contributed by atoms with Crippen LogP contribution in [0.4, 0.5) is 0 Å². The summed E-state index contributed by atoms with van der Waals surface area (Å²) >= 11 is 0. The third kappa shape index (κ3) is 3.17. The van der Waals surface area contributed by atoms with Crippen molar-refractivity contribution in [1.82, 2.24) is 0 Å². The highest BCUT2D eigenvalue weighted by Gasteiger charge is 2.21. The summed E-state index contributed by atoms with van der Waals surface area (Å²) in [5.74, 6) is 0. The molecule has 0 spiro atoms. The van der Waals surface area contributed by atoms with Gasteiger partial charge in [-0.2, -0.15) is 0 Å². The maximum atomic E-state index is 2.33. The molecule has 0 radical (unpaired) electrons. The van der Waals surface area contributed by atoms with Crippen molar-refractivity contribution in [3.63, 3.8) is 0 Å². The first-order valence-electron chi connectivity index (χ1n) is 8.88. The molecule has 3 aliphatic rings. The molecule has 0 saturated heterocycles. The Hall–Kier alpha value is -2.08. The van der Waals surface area contributed by atoms with E-state index in [1.165, 1.54) is 43.2 Å². The van der Waals surface area contributed by atoms with Gasteiger partial charge in [-0.1, -0.05) is 77.4 Å². The molecule has 0 fully saturated rings. The zero-order valence-electron chi connectivity index (χ0n) is 13.7. The predicted molar refractivity (Wildman–Crippen MR) is 99.2 cm³/mol. The molecular formula is C23H24. The molecule has 0 aromatic heterocycles. The zero-order valence-corrected chi connectivity index (χ0v) is 13.7. The lowest BCUT2D eigenvalue weighted by atomic mass is 9.95. The van der Waals surface area contributed by atoms with Crippen LogP contribution in [-0.4, -0.2) is 0 Å². The fraction of sp³-hybridized carbons (Fsp3) is 0.304. The molecule has 116 valence electrons. The van der Waals surface area contributed by atoms with Crippen LogP contribution >= 0.6 is 0 Å². The molecule has 0 saturated carbocycles. The van der Waals surface area contributed by atoms with Gasteiger partial charge in [-0.05, 0) is 61.6 Å². The second-order valence-corrected chi connectivity index (χ2v) is 6.83.